The molecule has 0 radical (unpaired) electrons. The lowest BCUT2D eigenvalue weighted by Gasteiger charge is -2.08. The van der Waals surface area contributed by atoms with Crippen molar-refractivity contribution in [1.29, 1.82) is 0 Å². The molecule has 1 aromatic heterocycles. The molecule has 0 saturated heterocycles. The third-order valence-corrected chi connectivity index (χ3v) is 1.91. The number of hydrogen-bond donors (Lipinski definition) is 2. The van der Waals surface area contributed by atoms with Crippen LogP contribution in [-0.2, 0) is 0 Å². The highest BCUT2D eigenvalue weighted by atomic mass is 19.4. The van der Waals surface area contributed by atoms with Gasteiger partial charge in [0.15, 0.2) is 5.58 Å². The van der Waals surface area contributed by atoms with Crippen LogP contribution >= 0.6 is 0 Å². The maximum atomic E-state index is 11.9. The normalized spacial score (nSPS) is 11.9. The second-order valence-corrected chi connectivity index (χ2v) is 3.19. The highest BCUT2D eigenvalue weighted by Gasteiger charge is 2.26. The van der Waals surface area contributed by atoms with E-state index in [1.165, 1.54) is 18.2 Å². The van der Waals surface area contributed by atoms with E-state index in [1.54, 1.807) is 0 Å². The molecule has 0 aliphatic rings. The van der Waals surface area contributed by atoms with Gasteiger partial charge < -0.3 is 9.73 Å². The predicted molar refractivity (Wildman–Crippen MR) is 51.4 cm³/mol. The van der Waals surface area contributed by atoms with E-state index in [4.69, 9.17) is 4.42 Å². The number of anilines is 1. The third kappa shape index (κ3) is 2.36. The molecule has 0 spiro atoms. The maximum Gasteiger partial charge on any atom is 0.417 e. The summed E-state index contributed by atoms with van der Waals surface area (Å²) in [5, 5.41) is 2.19. The number of aromatic nitrogens is 1. The van der Waals surface area contributed by atoms with Gasteiger partial charge in [0.25, 0.3) is 0 Å². The lowest BCUT2D eigenvalue weighted by atomic mass is 10.3. The largest absolute Gasteiger partial charge is 0.417 e. The third-order valence-electron chi connectivity index (χ3n) is 1.91. The first-order valence-electron chi connectivity index (χ1n) is 4.37. The molecular weight excluding hydrogens is 225 g/mol. The van der Waals surface area contributed by atoms with Gasteiger partial charge in [0.1, 0.15) is 6.54 Å². The fourth-order valence-electron chi connectivity index (χ4n) is 1.26. The van der Waals surface area contributed by atoms with Gasteiger partial charge in [-0.1, -0.05) is 0 Å². The Bertz CT molecular complexity index is 556. The van der Waals surface area contributed by atoms with E-state index in [0.717, 1.165) is 0 Å². The molecule has 0 amide bonds. The molecule has 86 valence electrons. The summed E-state index contributed by atoms with van der Waals surface area (Å²) in [4.78, 5) is 13.2. The molecule has 16 heavy (non-hydrogen) atoms. The molecule has 2 rings (SSSR count). The molecule has 7 heteroatoms. The zero-order valence-electron chi connectivity index (χ0n) is 7.89. The van der Waals surface area contributed by atoms with Gasteiger partial charge in [0.2, 0.25) is 0 Å². The van der Waals surface area contributed by atoms with Crippen molar-refractivity contribution >= 4 is 16.8 Å². The average Bonchev–Trinajstić information content (AvgIpc) is 2.52. The van der Waals surface area contributed by atoms with Crippen LogP contribution in [0.25, 0.3) is 11.1 Å². The molecule has 0 fully saturated rings. The molecule has 4 nitrogen and oxygen atoms in total. The van der Waals surface area contributed by atoms with Crippen molar-refractivity contribution in [3.05, 3.63) is 28.7 Å². The van der Waals surface area contributed by atoms with Crippen molar-refractivity contribution in [2.75, 3.05) is 11.9 Å². The van der Waals surface area contributed by atoms with Crippen molar-refractivity contribution in [2.45, 2.75) is 6.18 Å². The van der Waals surface area contributed by atoms with Gasteiger partial charge in [-0.05, 0) is 12.1 Å². The van der Waals surface area contributed by atoms with E-state index < -0.39 is 18.5 Å². The van der Waals surface area contributed by atoms with Gasteiger partial charge in [-0.15, -0.1) is 0 Å². The number of halogens is 3. The van der Waals surface area contributed by atoms with Crippen LogP contribution in [0, 0.1) is 0 Å². The number of oxazole rings is 1. The van der Waals surface area contributed by atoms with Gasteiger partial charge in [-0.3, -0.25) is 4.98 Å². The van der Waals surface area contributed by atoms with Gasteiger partial charge >= 0.3 is 11.9 Å². The molecule has 0 aliphatic heterocycles. The average molecular weight is 232 g/mol. The summed E-state index contributed by atoms with van der Waals surface area (Å²) < 4.78 is 40.5. The zero-order valence-corrected chi connectivity index (χ0v) is 7.89. The number of aromatic amines is 1. The lowest BCUT2D eigenvalue weighted by molar-refractivity contribution is -0.115. The summed E-state index contributed by atoms with van der Waals surface area (Å²) in [5.74, 6) is -0.636. The zero-order chi connectivity index (χ0) is 11.8. The van der Waals surface area contributed by atoms with Crippen LogP contribution in [0.15, 0.2) is 27.4 Å². The van der Waals surface area contributed by atoms with E-state index >= 15 is 0 Å². The molecule has 0 aliphatic carbocycles. The highest BCUT2D eigenvalue weighted by Crippen LogP contribution is 2.19. The van der Waals surface area contributed by atoms with Gasteiger partial charge in [-0.25, -0.2) is 4.79 Å². The first-order valence-corrected chi connectivity index (χ1v) is 4.37. The monoisotopic (exact) mass is 232 g/mol. The van der Waals surface area contributed by atoms with Crippen molar-refractivity contribution in [2.24, 2.45) is 0 Å². The summed E-state index contributed by atoms with van der Waals surface area (Å²) in [7, 11) is 0. The second kappa shape index (κ2) is 3.58. The first kappa shape index (κ1) is 10.6. The van der Waals surface area contributed by atoms with Crippen LogP contribution < -0.4 is 11.1 Å². The quantitative estimate of drug-likeness (QED) is 0.833. The minimum absolute atomic E-state index is 0.220. The number of fused-ring (bicyclic) bond motifs is 1. The summed E-state index contributed by atoms with van der Waals surface area (Å²) in [6.45, 7) is -1.13. The van der Waals surface area contributed by atoms with Crippen LogP contribution in [-0.4, -0.2) is 17.7 Å². The molecule has 1 aromatic carbocycles. The Hall–Kier alpha value is -1.92. The molecule has 0 saturated carbocycles. The Balaban J connectivity index is 2.22. The van der Waals surface area contributed by atoms with Crippen molar-refractivity contribution < 1.29 is 17.6 Å². The summed E-state index contributed by atoms with van der Waals surface area (Å²) in [6, 6.07) is 4.23. The van der Waals surface area contributed by atoms with Crippen LogP contribution in [0.5, 0.6) is 0 Å². The van der Waals surface area contributed by atoms with E-state index in [9.17, 15) is 18.0 Å². The van der Waals surface area contributed by atoms with Crippen LogP contribution in [0.2, 0.25) is 0 Å². The van der Waals surface area contributed by atoms with Crippen LogP contribution in [0.1, 0.15) is 0 Å². The number of alkyl halides is 3. The van der Waals surface area contributed by atoms with E-state index in [0.29, 0.717) is 5.52 Å². The smallest absolute Gasteiger partial charge is 0.408 e. The van der Waals surface area contributed by atoms with Crippen molar-refractivity contribution in [1.82, 2.24) is 4.98 Å². The number of rotatable bonds is 2. The Morgan fingerprint density at radius 3 is 2.81 bits per heavy atom. The topological polar surface area (TPSA) is 58.0 Å². The van der Waals surface area contributed by atoms with Crippen molar-refractivity contribution in [3.63, 3.8) is 0 Å². The first-order chi connectivity index (χ1) is 7.44. The SMILES string of the molecule is O=c1[nH]c2ccc(NCC(F)(F)F)cc2o1. The van der Waals surface area contributed by atoms with Gasteiger partial charge in [-0.2, -0.15) is 13.2 Å². The Labute approximate surface area is 87.1 Å². The van der Waals surface area contributed by atoms with Crippen LogP contribution in [0.3, 0.4) is 0 Å². The fraction of sp³-hybridized carbons (Fsp3) is 0.222. The minimum Gasteiger partial charge on any atom is -0.408 e. The molecule has 0 atom stereocenters. The molecule has 0 unspecified atom stereocenters. The summed E-state index contributed by atoms with van der Waals surface area (Å²) in [6.07, 6.45) is -4.28. The number of nitrogens with one attached hydrogen (secondary N) is 2. The molecule has 2 aromatic rings. The molecule has 0 bridgehead atoms. The van der Waals surface area contributed by atoms with Gasteiger partial charge in [0.05, 0.1) is 5.52 Å². The van der Waals surface area contributed by atoms with Crippen LogP contribution in [0.4, 0.5) is 18.9 Å². The summed E-state index contributed by atoms with van der Waals surface area (Å²) in [5.41, 5.74) is 0.910. The highest BCUT2D eigenvalue weighted by molar-refractivity contribution is 5.76. The Kier molecular flexibility index (Phi) is 2.37. The van der Waals surface area contributed by atoms with E-state index in [2.05, 4.69) is 10.3 Å². The number of benzene rings is 1. The predicted octanol–water partition coefficient (Wildman–Crippen LogP) is 2.10. The fourth-order valence-corrected chi connectivity index (χ4v) is 1.26. The molecule has 2 N–H and O–H groups in total. The molecule has 1 heterocycles. The standard InChI is InChI=1S/C9H7F3N2O2/c10-9(11,12)4-13-5-1-2-6-7(3-5)16-8(15)14-6/h1-3,13H,4H2,(H,14,15). The number of H-pyrrole nitrogens is 1. The maximum absolute atomic E-state index is 11.9. The number of hydrogen-bond acceptors (Lipinski definition) is 3. The summed E-state index contributed by atoms with van der Waals surface area (Å²) >= 11 is 0. The van der Waals surface area contributed by atoms with E-state index in [-0.39, 0.29) is 11.3 Å². The Morgan fingerprint density at radius 1 is 1.38 bits per heavy atom. The Morgan fingerprint density at radius 2 is 2.12 bits per heavy atom. The second-order valence-electron chi connectivity index (χ2n) is 3.19. The lowest BCUT2D eigenvalue weighted by Crippen LogP contribution is -2.21. The molecular formula is C9H7F3N2O2. The minimum atomic E-state index is -4.28. The van der Waals surface area contributed by atoms with Crippen molar-refractivity contribution in [3.8, 4) is 0 Å². The van der Waals surface area contributed by atoms with Gasteiger partial charge in [0, 0.05) is 11.8 Å². The van der Waals surface area contributed by atoms with E-state index in [1.807, 2.05) is 0 Å².